The highest BCUT2D eigenvalue weighted by atomic mass is 19.3. The van der Waals surface area contributed by atoms with Crippen molar-refractivity contribution >= 4 is 10.8 Å². The van der Waals surface area contributed by atoms with Gasteiger partial charge in [-0.1, -0.05) is 24.3 Å². The van der Waals surface area contributed by atoms with Crippen LogP contribution in [0.5, 0.6) is 5.75 Å². The molecule has 0 fully saturated rings. The lowest BCUT2D eigenvalue weighted by Crippen LogP contribution is -2.09. The number of H-pyrrole nitrogens is 1. The van der Waals surface area contributed by atoms with Crippen molar-refractivity contribution in [1.29, 1.82) is 0 Å². The Bertz CT molecular complexity index is 903. The van der Waals surface area contributed by atoms with Crippen molar-refractivity contribution in [3.05, 3.63) is 64.6 Å². The summed E-state index contributed by atoms with van der Waals surface area (Å²) in [5, 5.41) is 1.17. The number of benzene rings is 2. The Balaban J connectivity index is 2.14. The molecule has 0 atom stereocenters. The van der Waals surface area contributed by atoms with Crippen LogP contribution in [0.4, 0.5) is 8.78 Å². The van der Waals surface area contributed by atoms with E-state index in [1.807, 2.05) is 31.2 Å². The van der Waals surface area contributed by atoms with Gasteiger partial charge in [0.25, 0.3) is 12.0 Å². The number of nitrogens with one attached hydrogen (secondary N) is 1. The third-order valence-electron chi connectivity index (χ3n) is 3.68. The molecule has 2 aromatic carbocycles. The molecule has 0 aliphatic carbocycles. The van der Waals surface area contributed by atoms with Gasteiger partial charge in [-0.3, -0.25) is 4.79 Å². The van der Waals surface area contributed by atoms with E-state index in [1.54, 1.807) is 18.3 Å². The minimum Gasteiger partial charge on any atom is -0.488 e. The van der Waals surface area contributed by atoms with Crippen molar-refractivity contribution < 1.29 is 13.5 Å². The van der Waals surface area contributed by atoms with E-state index in [4.69, 9.17) is 4.74 Å². The second-order valence-electron chi connectivity index (χ2n) is 5.26. The van der Waals surface area contributed by atoms with Crippen LogP contribution in [0, 0.1) is 6.92 Å². The molecule has 1 heterocycles. The molecular formula is C18H15F2NO2. The summed E-state index contributed by atoms with van der Waals surface area (Å²) in [7, 11) is 0. The minimum absolute atomic E-state index is 0.255. The van der Waals surface area contributed by atoms with Crippen LogP contribution in [-0.2, 0) is 0 Å². The fourth-order valence-electron chi connectivity index (χ4n) is 2.59. The van der Waals surface area contributed by atoms with E-state index < -0.39 is 13.0 Å². The van der Waals surface area contributed by atoms with Gasteiger partial charge in [0.2, 0.25) is 0 Å². The largest absolute Gasteiger partial charge is 0.488 e. The summed E-state index contributed by atoms with van der Waals surface area (Å²) in [6.45, 7) is 1.30. The van der Waals surface area contributed by atoms with Crippen LogP contribution >= 0.6 is 0 Å². The van der Waals surface area contributed by atoms with Gasteiger partial charge in [0.05, 0.1) is 5.39 Å². The first kappa shape index (κ1) is 15.2. The SMILES string of the molecule is Cc1ccccc1-c1c[nH]c(=O)c2cc(OCC(F)F)ccc12. The molecule has 0 radical (unpaired) electrons. The van der Waals surface area contributed by atoms with Crippen LogP contribution in [0.1, 0.15) is 5.56 Å². The smallest absolute Gasteiger partial charge is 0.272 e. The first-order chi connectivity index (χ1) is 11.1. The summed E-state index contributed by atoms with van der Waals surface area (Å²) in [4.78, 5) is 14.8. The number of aromatic nitrogens is 1. The summed E-state index contributed by atoms with van der Waals surface area (Å²) in [5.41, 5.74) is 2.70. The lowest BCUT2D eigenvalue weighted by molar-refractivity contribution is 0.0820. The van der Waals surface area contributed by atoms with Crippen LogP contribution in [0.15, 0.2) is 53.5 Å². The summed E-state index contributed by atoms with van der Waals surface area (Å²) in [6, 6.07) is 12.7. The number of rotatable bonds is 4. The summed E-state index contributed by atoms with van der Waals surface area (Å²) < 4.78 is 29.5. The zero-order valence-electron chi connectivity index (χ0n) is 12.5. The molecule has 0 aliphatic heterocycles. The molecule has 118 valence electrons. The highest BCUT2D eigenvalue weighted by Gasteiger charge is 2.11. The third kappa shape index (κ3) is 3.08. The van der Waals surface area contributed by atoms with Crippen LogP contribution in [-0.4, -0.2) is 18.0 Å². The minimum atomic E-state index is -2.55. The second-order valence-corrected chi connectivity index (χ2v) is 5.26. The second kappa shape index (κ2) is 6.20. The molecule has 1 N–H and O–H groups in total. The van der Waals surface area contributed by atoms with Gasteiger partial charge < -0.3 is 9.72 Å². The Hall–Kier alpha value is -2.69. The third-order valence-corrected chi connectivity index (χ3v) is 3.68. The van der Waals surface area contributed by atoms with Gasteiger partial charge in [-0.05, 0) is 41.6 Å². The highest BCUT2D eigenvalue weighted by molar-refractivity contribution is 5.96. The first-order valence-corrected chi connectivity index (χ1v) is 7.18. The quantitative estimate of drug-likeness (QED) is 0.786. The fraction of sp³-hybridized carbons (Fsp3) is 0.167. The monoisotopic (exact) mass is 315 g/mol. The van der Waals surface area contributed by atoms with Crippen molar-refractivity contribution in [3.63, 3.8) is 0 Å². The fourth-order valence-corrected chi connectivity index (χ4v) is 2.59. The molecule has 0 spiro atoms. The van der Waals surface area contributed by atoms with Crippen LogP contribution in [0.3, 0.4) is 0 Å². The first-order valence-electron chi connectivity index (χ1n) is 7.18. The van der Waals surface area contributed by atoms with Gasteiger partial charge in [0.1, 0.15) is 12.4 Å². The maximum Gasteiger partial charge on any atom is 0.272 e. The van der Waals surface area contributed by atoms with Crippen molar-refractivity contribution in [2.24, 2.45) is 0 Å². The maximum absolute atomic E-state index is 12.3. The lowest BCUT2D eigenvalue weighted by Gasteiger charge is -2.11. The molecule has 23 heavy (non-hydrogen) atoms. The number of hydrogen-bond donors (Lipinski definition) is 1. The van der Waals surface area contributed by atoms with Crippen molar-refractivity contribution in [1.82, 2.24) is 4.98 Å². The Kier molecular flexibility index (Phi) is 4.10. The number of halogens is 2. The number of hydrogen-bond acceptors (Lipinski definition) is 2. The van der Waals surface area contributed by atoms with Gasteiger partial charge in [0, 0.05) is 11.8 Å². The lowest BCUT2D eigenvalue weighted by atomic mass is 9.97. The molecule has 0 saturated carbocycles. The number of aryl methyl sites for hydroxylation is 1. The molecule has 0 aliphatic rings. The normalized spacial score (nSPS) is 11.1. The van der Waals surface area contributed by atoms with Crippen LogP contribution < -0.4 is 10.3 Å². The van der Waals surface area contributed by atoms with Gasteiger partial charge in [0.15, 0.2) is 0 Å². The molecule has 3 aromatic rings. The van der Waals surface area contributed by atoms with E-state index in [9.17, 15) is 13.6 Å². The van der Waals surface area contributed by atoms with Crippen molar-refractivity contribution in [2.45, 2.75) is 13.3 Å². The summed E-state index contributed by atoms with van der Waals surface area (Å²) in [5.74, 6) is 0.255. The Morgan fingerprint density at radius 3 is 2.61 bits per heavy atom. The van der Waals surface area contributed by atoms with Crippen molar-refractivity contribution in [2.75, 3.05) is 6.61 Å². The molecule has 3 rings (SSSR count). The molecule has 0 amide bonds. The molecule has 3 nitrogen and oxygen atoms in total. The average Bonchev–Trinajstić information content (AvgIpc) is 2.54. The number of fused-ring (bicyclic) bond motifs is 1. The number of aromatic amines is 1. The van der Waals surface area contributed by atoms with Crippen molar-refractivity contribution in [3.8, 4) is 16.9 Å². The molecule has 1 aromatic heterocycles. The summed E-state index contributed by atoms with van der Waals surface area (Å²) in [6.07, 6.45) is -0.880. The van der Waals surface area contributed by atoms with E-state index >= 15 is 0 Å². The van der Waals surface area contributed by atoms with Gasteiger partial charge in [-0.25, -0.2) is 8.78 Å². The highest BCUT2D eigenvalue weighted by Crippen LogP contribution is 2.30. The van der Waals surface area contributed by atoms with Gasteiger partial charge >= 0.3 is 0 Å². The maximum atomic E-state index is 12.3. The average molecular weight is 315 g/mol. The van der Waals surface area contributed by atoms with E-state index in [0.29, 0.717) is 5.39 Å². The molecular weight excluding hydrogens is 300 g/mol. The Morgan fingerprint density at radius 1 is 1.09 bits per heavy atom. The molecule has 0 bridgehead atoms. The predicted octanol–water partition coefficient (Wildman–Crippen LogP) is 4.15. The predicted molar refractivity (Wildman–Crippen MR) is 86.2 cm³/mol. The Morgan fingerprint density at radius 2 is 1.87 bits per heavy atom. The summed E-state index contributed by atoms with van der Waals surface area (Å²) >= 11 is 0. The van der Waals surface area contributed by atoms with E-state index in [0.717, 1.165) is 22.1 Å². The number of alkyl halides is 2. The number of pyridine rings is 1. The van der Waals surface area contributed by atoms with E-state index in [-0.39, 0.29) is 11.3 Å². The van der Waals surface area contributed by atoms with Crippen LogP contribution in [0.2, 0.25) is 0 Å². The molecule has 0 saturated heterocycles. The molecule has 5 heteroatoms. The number of ether oxygens (including phenoxy) is 1. The van der Waals surface area contributed by atoms with Gasteiger partial charge in [-0.15, -0.1) is 0 Å². The zero-order valence-corrected chi connectivity index (χ0v) is 12.5. The Labute approximate surface area is 131 Å². The van der Waals surface area contributed by atoms with E-state index in [2.05, 4.69) is 4.98 Å². The zero-order chi connectivity index (χ0) is 16.4. The van der Waals surface area contributed by atoms with E-state index in [1.165, 1.54) is 6.07 Å². The van der Waals surface area contributed by atoms with Gasteiger partial charge in [-0.2, -0.15) is 0 Å². The van der Waals surface area contributed by atoms with Crippen LogP contribution in [0.25, 0.3) is 21.9 Å². The molecule has 0 unspecified atom stereocenters. The topological polar surface area (TPSA) is 42.1 Å². The standard InChI is InChI=1S/C18H15F2NO2/c1-11-4-2-3-5-13(11)16-9-21-18(22)15-8-12(6-7-14(15)16)23-10-17(19)20/h2-9,17H,10H2,1H3,(H,21,22).